The van der Waals surface area contributed by atoms with E-state index in [1.807, 2.05) is 17.8 Å². The Balaban J connectivity index is 2.94. The number of hydrogen-bond acceptors (Lipinski definition) is 2. The van der Waals surface area contributed by atoms with E-state index in [2.05, 4.69) is 41.9 Å². The number of benzene rings is 1. The van der Waals surface area contributed by atoms with E-state index in [0.29, 0.717) is 11.8 Å². The number of nitrogens with two attached hydrogens (primary N) is 1. The molecule has 0 fully saturated rings. The van der Waals surface area contributed by atoms with Crippen molar-refractivity contribution >= 4 is 27.7 Å². The molecule has 1 aromatic carbocycles. The van der Waals surface area contributed by atoms with Crippen LogP contribution in [0.2, 0.25) is 0 Å². The Morgan fingerprint density at radius 3 is 2.69 bits per heavy atom. The molecule has 0 aliphatic carbocycles. The number of rotatable bonds is 3. The fourth-order valence-corrected chi connectivity index (χ4v) is 2.58. The molecule has 0 amide bonds. The molecule has 2 N–H and O–H groups in total. The number of thioether (sulfide) groups is 1. The standard InChI is InChI=1S/C10H14BrNS/c1-7(2)13-10-5-9(11)4-3-8(10)6-12/h3-5,7H,6,12H2,1-2H3. The fourth-order valence-electron chi connectivity index (χ4n) is 1.06. The molecule has 0 saturated carbocycles. The topological polar surface area (TPSA) is 26.0 Å². The second-order valence-electron chi connectivity index (χ2n) is 3.12. The zero-order chi connectivity index (χ0) is 9.84. The predicted octanol–water partition coefficient (Wildman–Crippen LogP) is 3.41. The maximum absolute atomic E-state index is 5.65. The first-order chi connectivity index (χ1) is 6.13. The number of halogens is 1. The van der Waals surface area contributed by atoms with Gasteiger partial charge in [0.05, 0.1) is 0 Å². The van der Waals surface area contributed by atoms with Gasteiger partial charge < -0.3 is 5.73 Å². The summed E-state index contributed by atoms with van der Waals surface area (Å²) in [5.41, 5.74) is 6.87. The molecule has 13 heavy (non-hydrogen) atoms. The Kier molecular flexibility index (Phi) is 4.29. The molecule has 1 aromatic rings. The van der Waals surface area contributed by atoms with E-state index in [0.717, 1.165) is 4.47 Å². The van der Waals surface area contributed by atoms with E-state index in [-0.39, 0.29) is 0 Å². The van der Waals surface area contributed by atoms with Crippen molar-refractivity contribution in [2.24, 2.45) is 5.73 Å². The predicted molar refractivity (Wildman–Crippen MR) is 63.0 cm³/mol. The van der Waals surface area contributed by atoms with Gasteiger partial charge in [0.15, 0.2) is 0 Å². The van der Waals surface area contributed by atoms with Gasteiger partial charge in [0.1, 0.15) is 0 Å². The van der Waals surface area contributed by atoms with Gasteiger partial charge in [-0.05, 0) is 17.7 Å². The van der Waals surface area contributed by atoms with Crippen LogP contribution in [0.5, 0.6) is 0 Å². The highest BCUT2D eigenvalue weighted by Gasteiger charge is 2.04. The van der Waals surface area contributed by atoms with Crippen LogP contribution in [-0.4, -0.2) is 5.25 Å². The minimum absolute atomic E-state index is 0.597. The second-order valence-corrected chi connectivity index (χ2v) is 5.66. The molecule has 72 valence electrons. The molecule has 0 radical (unpaired) electrons. The van der Waals surface area contributed by atoms with Crippen LogP contribution in [0.4, 0.5) is 0 Å². The van der Waals surface area contributed by atoms with E-state index < -0.39 is 0 Å². The maximum atomic E-state index is 5.65. The fraction of sp³-hybridized carbons (Fsp3) is 0.400. The Morgan fingerprint density at radius 2 is 2.15 bits per heavy atom. The molecule has 1 rings (SSSR count). The Bertz CT molecular complexity index is 286. The quantitative estimate of drug-likeness (QED) is 0.843. The summed E-state index contributed by atoms with van der Waals surface area (Å²) in [6.07, 6.45) is 0. The van der Waals surface area contributed by atoms with E-state index in [4.69, 9.17) is 5.73 Å². The first-order valence-corrected chi connectivity index (χ1v) is 5.96. The van der Waals surface area contributed by atoms with Crippen LogP contribution in [0.15, 0.2) is 27.6 Å². The SMILES string of the molecule is CC(C)Sc1cc(Br)ccc1CN. The number of hydrogen-bond donors (Lipinski definition) is 1. The van der Waals surface area contributed by atoms with Crippen LogP contribution < -0.4 is 5.73 Å². The molecule has 0 heterocycles. The lowest BCUT2D eigenvalue weighted by Gasteiger charge is -2.09. The Hall–Kier alpha value is 0.01000. The molecular weight excluding hydrogens is 246 g/mol. The van der Waals surface area contributed by atoms with Crippen molar-refractivity contribution in [2.45, 2.75) is 30.5 Å². The molecule has 3 heteroatoms. The molecule has 0 bridgehead atoms. The second kappa shape index (κ2) is 5.03. The highest BCUT2D eigenvalue weighted by atomic mass is 79.9. The molecule has 0 unspecified atom stereocenters. The molecule has 0 aromatic heterocycles. The summed E-state index contributed by atoms with van der Waals surface area (Å²) in [7, 11) is 0. The Labute approximate surface area is 92.2 Å². The van der Waals surface area contributed by atoms with Gasteiger partial charge in [-0.3, -0.25) is 0 Å². The molecule has 0 spiro atoms. The van der Waals surface area contributed by atoms with E-state index >= 15 is 0 Å². The minimum atomic E-state index is 0.597. The largest absolute Gasteiger partial charge is 0.326 e. The van der Waals surface area contributed by atoms with Crippen LogP contribution in [0.1, 0.15) is 19.4 Å². The molecule has 0 aliphatic heterocycles. The van der Waals surface area contributed by atoms with Crippen molar-refractivity contribution in [3.63, 3.8) is 0 Å². The van der Waals surface area contributed by atoms with Crippen LogP contribution in [0.25, 0.3) is 0 Å². The van der Waals surface area contributed by atoms with Gasteiger partial charge in [0.25, 0.3) is 0 Å². The van der Waals surface area contributed by atoms with Gasteiger partial charge in [-0.15, -0.1) is 11.8 Å². The van der Waals surface area contributed by atoms with Crippen LogP contribution in [0.3, 0.4) is 0 Å². The normalized spacial score (nSPS) is 10.8. The van der Waals surface area contributed by atoms with Crippen molar-refractivity contribution in [3.05, 3.63) is 28.2 Å². The molecular formula is C10H14BrNS. The molecule has 1 nitrogen and oxygen atoms in total. The summed E-state index contributed by atoms with van der Waals surface area (Å²) >= 11 is 5.32. The maximum Gasteiger partial charge on any atom is 0.0189 e. The van der Waals surface area contributed by atoms with E-state index in [1.165, 1.54) is 10.5 Å². The zero-order valence-electron chi connectivity index (χ0n) is 7.88. The first-order valence-electron chi connectivity index (χ1n) is 4.28. The summed E-state index contributed by atoms with van der Waals surface area (Å²) in [5, 5.41) is 0.597. The third-order valence-corrected chi connectivity index (χ3v) is 3.21. The van der Waals surface area contributed by atoms with Gasteiger partial charge in [0, 0.05) is 21.2 Å². The smallest absolute Gasteiger partial charge is 0.0189 e. The van der Waals surface area contributed by atoms with Gasteiger partial charge in [-0.2, -0.15) is 0 Å². The highest BCUT2D eigenvalue weighted by Crippen LogP contribution is 2.29. The van der Waals surface area contributed by atoms with Crippen molar-refractivity contribution in [1.29, 1.82) is 0 Å². The van der Waals surface area contributed by atoms with Crippen LogP contribution in [-0.2, 0) is 6.54 Å². The molecule has 0 saturated heterocycles. The monoisotopic (exact) mass is 259 g/mol. The van der Waals surface area contributed by atoms with Crippen molar-refractivity contribution in [2.75, 3.05) is 0 Å². The van der Waals surface area contributed by atoms with Crippen LogP contribution >= 0.6 is 27.7 Å². The summed E-state index contributed by atoms with van der Waals surface area (Å²) < 4.78 is 1.12. The van der Waals surface area contributed by atoms with E-state index in [9.17, 15) is 0 Å². The van der Waals surface area contributed by atoms with Crippen molar-refractivity contribution in [3.8, 4) is 0 Å². The average molecular weight is 260 g/mol. The lowest BCUT2D eigenvalue weighted by Crippen LogP contribution is -1.99. The van der Waals surface area contributed by atoms with Gasteiger partial charge in [-0.1, -0.05) is 35.8 Å². The molecule has 0 atom stereocenters. The average Bonchev–Trinajstić information content (AvgIpc) is 2.03. The third-order valence-electron chi connectivity index (χ3n) is 1.61. The summed E-state index contributed by atoms with van der Waals surface area (Å²) in [5.74, 6) is 0. The van der Waals surface area contributed by atoms with Gasteiger partial charge in [-0.25, -0.2) is 0 Å². The highest BCUT2D eigenvalue weighted by molar-refractivity contribution is 9.10. The molecule has 0 aliphatic rings. The minimum Gasteiger partial charge on any atom is -0.326 e. The summed E-state index contributed by atoms with van der Waals surface area (Å²) in [6.45, 7) is 4.99. The Morgan fingerprint density at radius 1 is 1.46 bits per heavy atom. The first kappa shape index (κ1) is 11.1. The van der Waals surface area contributed by atoms with Crippen molar-refractivity contribution < 1.29 is 0 Å². The zero-order valence-corrected chi connectivity index (χ0v) is 10.3. The third kappa shape index (κ3) is 3.33. The van der Waals surface area contributed by atoms with Crippen LogP contribution in [0, 0.1) is 0 Å². The van der Waals surface area contributed by atoms with Gasteiger partial charge >= 0.3 is 0 Å². The van der Waals surface area contributed by atoms with Crippen molar-refractivity contribution in [1.82, 2.24) is 0 Å². The summed E-state index contributed by atoms with van der Waals surface area (Å²) in [6, 6.07) is 6.24. The lowest BCUT2D eigenvalue weighted by atomic mass is 10.2. The van der Waals surface area contributed by atoms with Gasteiger partial charge in [0.2, 0.25) is 0 Å². The lowest BCUT2D eigenvalue weighted by molar-refractivity contribution is 1.02. The van der Waals surface area contributed by atoms with E-state index in [1.54, 1.807) is 0 Å². The summed E-state index contributed by atoms with van der Waals surface area (Å²) in [4.78, 5) is 1.28.